The van der Waals surface area contributed by atoms with E-state index in [1.54, 1.807) is 20.0 Å². The quantitative estimate of drug-likeness (QED) is 0.773. The average Bonchev–Trinajstić information content (AvgIpc) is 2.68. The number of rotatable bonds is 8. The number of hydrogen-bond donors (Lipinski definition) is 2. The molecule has 0 bridgehead atoms. The minimum Gasteiger partial charge on any atom is -0.464 e. The lowest BCUT2D eigenvalue weighted by molar-refractivity contribution is 0.463. The van der Waals surface area contributed by atoms with Gasteiger partial charge in [0.2, 0.25) is 10.0 Å². The highest BCUT2D eigenvalue weighted by molar-refractivity contribution is 7.89. The zero-order valence-electron chi connectivity index (χ0n) is 13.0. The fourth-order valence-corrected chi connectivity index (χ4v) is 3.50. The van der Waals surface area contributed by atoms with Gasteiger partial charge in [0.25, 0.3) is 0 Å². The van der Waals surface area contributed by atoms with Gasteiger partial charge in [-0.3, -0.25) is 0 Å². The van der Waals surface area contributed by atoms with Crippen LogP contribution in [0.1, 0.15) is 45.1 Å². The fraction of sp³-hybridized carbons (Fsp3) is 0.714. The van der Waals surface area contributed by atoms with E-state index in [1.807, 2.05) is 6.92 Å². The summed E-state index contributed by atoms with van der Waals surface area (Å²) in [5, 5.41) is 2.94. The van der Waals surface area contributed by atoms with Crippen LogP contribution in [0.25, 0.3) is 0 Å². The van der Waals surface area contributed by atoms with Gasteiger partial charge in [-0.25, -0.2) is 13.1 Å². The average molecular weight is 302 g/mol. The van der Waals surface area contributed by atoms with E-state index in [0.717, 1.165) is 12.8 Å². The van der Waals surface area contributed by atoms with Crippen molar-refractivity contribution in [1.82, 2.24) is 10.0 Å². The first kappa shape index (κ1) is 17.2. The Morgan fingerprint density at radius 2 is 1.90 bits per heavy atom. The molecule has 0 aliphatic carbocycles. The van der Waals surface area contributed by atoms with Crippen molar-refractivity contribution in [2.75, 3.05) is 7.05 Å². The van der Waals surface area contributed by atoms with Gasteiger partial charge >= 0.3 is 0 Å². The first-order valence-electron chi connectivity index (χ1n) is 7.02. The van der Waals surface area contributed by atoms with Crippen LogP contribution in [0, 0.1) is 12.8 Å². The summed E-state index contributed by atoms with van der Waals surface area (Å²) in [7, 11) is -1.72. The van der Waals surface area contributed by atoms with Gasteiger partial charge in [0, 0.05) is 12.1 Å². The van der Waals surface area contributed by atoms with Crippen molar-refractivity contribution >= 4 is 10.0 Å². The molecule has 1 rings (SSSR count). The minimum absolute atomic E-state index is 0.0792. The summed E-state index contributed by atoms with van der Waals surface area (Å²) in [4.78, 5) is 0.235. The zero-order valence-corrected chi connectivity index (χ0v) is 13.8. The Hall–Kier alpha value is -0.850. The van der Waals surface area contributed by atoms with Crippen LogP contribution >= 0.6 is 0 Å². The summed E-state index contributed by atoms with van der Waals surface area (Å²) in [6.45, 7) is 8.34. The molecule has 0 aliphatic heterocycles. The fourth-order valence-electron chi connectivity index (χ4n) is 2.02. The Bertz CT molecular complexity index is 521. The van der Waals surface area contributed by atoms with Gasteiger partial charge in [-0.05, 0) is 39.7 Å². The number of nitrogens with one attached hydrogen (secondary N) is 2. The number of furan rings is 1. The lowest BCUT2D eigenvalue weighted by Crippen LogP contribution is -2.32. The van der Waals surface area contributed by atoms with Gasteiger partial charge in [0.15, 0.2) is 0 Å². The highest BCUT2D eigenvalue weighted by Gasteiger charge is 2.23. The molecule has 1 heterocycles. The molecule has 1 atom stereocenters. The maximum absolute atomic E-state index is 12.3. The smallest absolute Gasteiger partial charge is 0.244 e. The molecule has 116 valence electrons. The van der Waals surface area contributed by atoms with Crippen LogP contribution in [-0.2, 0) is 16.6 Å². The normalized spacial score (nSPS) is 13.9. The second kappa shape index (κ2) is 7.24. The van der Waals surface area contributed by atoms with Crippen molar-refractivity contribution in [2.45, 2.75) is 58.0 Å². The predicted molar refractivity (Wildman–Crippen MR) is 80.1 cm³/mol. The zero-order chi connectivity index (χ0) is 15.3. The van der Waals surface area contributed by atoms with Gasteiger partial charge in [-0.1, -0.05) is 13.8 Å². The third-order valence-electron chi connectivity index (χ3n) is 3.10. The molecule has 0 saturated carbocycles. The Kier molecular flexibility index (Phi) is 6.23. The van der Waals surface area contributed by atoms with Crippen molar-refractivity contribution in [1.29, 1.82) is 0 Å². The van der Waals surface area contributed by atoms with E-state index in [4.69, 9.17) is 4.42 Å². The maximum atomic E-state index is 12.3. The third-order valence-corrected chi connectivity index (χ3v) is 4.79. The molecule has 0 aliphatic rings. The first-order chi connectivity index (χ1) is 9.26. The summed E-state index contributed by atoms with van der Waals surface area (Å²) in [6, 6.07) is 1.51. The van der Waals surface area contributed by atoms with Crippen molar-refractivity contribution < 1.29 is 12.8 Å². The molecule has 20 heavy (non-hydrogen) atoms. The highest BCUT2D eigenvalue weighted by Crippen LogP contribution is 2.20. The molecule has 5 nitrogen and oxygen atoms in total. The topological polar surface area (TPSA) is 71.3 Å². The summed E-state index contributed by atoms with van der Waals surface area (Å²) in [5.41, 5.74) is 0. The van der Waals surface area contributed by atoms with E-state index < -0.39 is 10.0 Å². The molecule has 0 fully saturated rings. The summed E-state index contributed by atoms with van der Waals surface area (Å²) in [6.07, 6.45) is 1.83. The monoisotopic (exact) mass is 302 g/mol. The maximum Gasteiger partial charge on any atom is 0.244 e. The predicted octanol–water partition coefficient (Wildman–Crippen LogP) is 2.41. The van der Waals surface area contributed by atoms with Gasteiger partial charge in [-0.15, -0.1) is 0 Å². The van der Waals surface area contributed by atoms with E-state index >= 15 is 0 Å². The van der Waals surface area contributed by atoms with Gasteiger partial charge in [-0.2, -0.15) is 0 Å². The van der Waals surface area contributed by atoms with E-state index in [0.29, 0.717) is 24.0 Å². The molecule has 0 saturated heterocycles. The minimum atomic E-state index is -3.51. The van der Waals surface area contributed by atoms with E-state index in [-0.39, 0.29) is 10.9 Å². The standard InChI is InChI=1S/C14H26N2O3S/c1-10(2)6-7-11(3)16-20(17,18)14-8-13(9-15-5)19-12(14)4/h8,10-11,15-16H,6-7,9H2,1-5H3. The second-order valence-electron chi connectivity index (χ2n) is 5.66. The van der Waals surface area contributed by atoms with Crippen LogP contribution in [0.2, 0.25) is 0 Å². The van der Waals surface area contributed by atoms with Crippen molar-refractivity contribution in [3.8, 4) is 0 Å². The molecule has 1 aromatic rings. The largest absolute Gasteiger partial charge is 0.464 e. The van der Waals surface area contributed by atoms with Crippen LogP contribution in [0.3, 0.4) is 0 Å². The van der Waals surface area contributed by atoms with Crippen molar-refractivity contribution in [3.05, 3.63) is 17.6 Å². The third kappa shape index (κ3) is 4.92. The Morgan fingerprint density at radius 3 is 2.45 bits per heavy atom. The molecule has 6 heteroatoms. The van der Waals surface area contributed by atoms with Gasteiger partial charge < -0.3 is 9.73 Å². The summed E-state index contributed by atoms with van der Waals surface area (Å²) < 4.78 is 32.8. The molecule has 0 amide bonds. The van der Waals surface area contributed by atoms with Crippen LogP contribution in [0.4, 0.5) is 0 Å². The Balaban J connectivity index is 2.77. The van der Waals surface area contributed by atoms with E-state index in [2.05, 4.69) is 23.9 Å². The lowest BCUT2D eigenvalue weighted by Gasteiger charge is -2.14. The Labute approximate surface area is 122 Å². The molecule has 1 aromatic heterocycles. The summed E-state index contributed by atoms with van der Waals surface area (Å²) >= 11 is 0. The molecular formula is C14H26N2O3S. The van der Waals surface area contributed by atoms with E-state index in [1.165, 1.54) is 0 Å². The molecule has 1 unspecified atom stereocenters. The second-order valence-corrected chi connectivity index (χ2v) is 7.34. The first-order valence-corrected chi connectivity index (χ1v) is 8.50. The number of hydrogen-bond acceptors (Lipinski definition) is 4. The van der Waals surface area contributed by atoms with Crippen LogP contribution in [0.15, 0.2) is 15.4 Å². The van der Waals surface area contributed by atoms with Crippen molar-refractivity contribution in [3.63, 3.8) is 0 Å². The van der Waals surface area contributed by atoms with E-state index in [9.17, 15) is 8.42 Å². The van der Waals surface area contributed by atoms with Gasteiger partial charge in [0.05, 0.1) is 6.54 Å². The van der Waals surface area contributed by atoms with Crippen molar-refractivity contribution in [2.24, 2.45) is 5.92 Å². The summed E-state index contributed by atoms with van der Waals surface area (Å²) in [5.74, 6) is 1.62. The highest BCUT2D eigenvalue weighted by atomic mass is 32.2. The molecule has 0 aromatic carbocycles. The van der Waals surface area contributed by atoms with Gasteiger partial charge in [0.1, 0.15) is 16.4 Å². The van der Waals surface area contributed by atoms with Crippen LogP contribution in [0.5, 0.6) is 0 Å². The molecule has 0 radical (unpaired) electrons. The number of sulfonamides is 1. The van der Waals surface area contributed by atoms with Crippen LogP contribution in [-0.4, -0.2) is 21.5 Å². The molecule has 0 spiro atoms. The molecule has 2 N–H and O–H groups in total. The molecular weight excluding hydrogens is 276 g/mol. The van der Waals surface area contributed by atoms with Crippen LogP contribution < -0.4 is 10.0 Å². The Morgan fingerprint density at radius 1 is 1.25 bits per heavy atom. The lowest BCUT2D eigenvalue weighted by atomic mass is 10.1. The number of aryl methyl sites for hydroxylation is 1. The SMILES string of the molecule is CNCc1cc(S(=O)(=O)NC(C)CCC(C)C)c(C)o1.